The second-order valence-corrected chi connectivity index (χ2v) is 3.45. The summed E-state index contributed by atoms with van der Waals surface area (Å²) >= 11 is 11.0. The second kappa shape index (κ2) is 4.90. The van der Waals surface area contributed by atoms with Crippen LogP contribution in [0.4, 0.5) is 19.0 Å². The summed E-state index contributed by atoms with van der Waals surface area (Å²) in [6.45, 7) is 0.389. The minimum atomic E-state index is -4.43. The second-order valence-electron chi connectivity index (χ2n) is 2.67. The number of hydrogen-bond acceptors (Lipinski definition) is 2. The lowest BCUT2D eigenvalue weighted by Crippen LogP contribution is -2.09. The number of rotatable bonds is 3. The van der Waals surface area contributed by atoms with E-state index in [0.29, 0.717) is 12.4 Å². The Morgan fingerprint density at radius 2 is 2.07 bits per heavy atom. The molecule has 0 aliphatic carbocycles. The Kier molecular flexibility index (Phi) is 4.04. The third kappa shape index (κ3) is 3.43. The van der Waals surface area contributed by atoms with Crippen molar-refractivity contribution in [3.8, 4) is 0 Å². The van der Waals surface area contributed by atoms with Crippen LogP contribution in [0.2, 0.25) is 5.02 Å². The van der Waals surface area contributed by atoms with Crippen molar-refractivity contribution < 1.29 is 13.2 Å². The van der Waals surface area contributed by atoms with Gasteiger partial charge in [0.15, 0.2) is 0 Å². The molecule has 7 heteroatoms. The van der Waals surface area contributed by atoms with Crippen molar-refractivity contribution in [2.45, 2.75) is 6.18 Å². The van der Waals surface area contributed by atoms with Crippen molar-refractivity contribution in [1.29, 1.82) is 0 Å². The van der Waals surface area contributed by atoms with Gasteiger partial charge in [0.1, 0.15) is 5.82 Å². The van der Waals surface area contributed by atoms with E-state index < -0.39 is 11.7 Å². The highest BCUT2D eigenvalue weighted by atomic mass is 35.5. The molecule has 0 unspecified atom stereocenters. The van der Waals surface area contributed by atoms with Crippen LogP contribution in [0.5, 0.6) is 0 Å². The molecule has 15 heavy (non-hydrogen) atoms. The number of aromatic nitrogens is 1. The van der Waals surface area contributed by atoms with Crippen LogP contribution in [0.15, 0.2) is 12.3 Å². The van der Waals surface area contributed by atoms with Gasteiger partial charge >= 0.3 is 6.18 Å². The molecule has 0 bridgehead atoms. The molecule has 1 heterocycles. The zero-order valence-electron chi connectivity index (χ0n) is 7.41. The first-order valence-corrected chi connectivity index (χ1v) is 4.89. The van der Waals surface area contributed by atoms with E-state index in [1.807, 2.05) is 0 Å². The first kappa shape index (κ1) is 12.4. The molecule has 0 amide bonds. The van der Waals surface area contributed by atoms with Crippen LogP contribution in [-0.4, -0.2) is 17.4 Å². The van der Waals surface area contributed by atoms with Crippen LogP contribution in [0.25, 0.3) is 0 Å². The monoisotopic (exact) mass is 258 g/mol. The smallest absolute Gasteiger partial charge is 0.368 e. The molecule has 2 nitrogen and oxygen atoms in total. The summed E-state index contributed by atoms with van der Waals surface area (Å²) in [4.78, 5) is 3.56. The molecule has 1 aromatic rings. The van der Waals surface area contributed by atoms with E-state index in [0.717, 1.165) is 12.3 Å². The van der Waals surface area contributed by atoms with Crippen LogP contribution in [0.3, 0.4) is 0 Å². The minimum Gasteiger partial charge on any atom is -0.368 e. The van der Waals surface area contributed by atoms with E-state index in [-0.39, 0.29) is 10.8 Å². The Morgan fingerprint density at radius 1 is 1.40 bits per heavy atom. The lowest BCUT2D eigenvalue weighted by Gasteiger charge is -2.09. The van der Waals surface area contributed by atoms with Crippen molar-refractivity contribution >= 4 is 29.0 Å². The van der Waals surface area contributed by atoms with E-state index >= 15 is 0 Å². The molecule has 0 aliphatic heterocycles. The Morgan fingerprint density at radius 3 is 2.53 bits per heavy atom. The van der Waals surface area contributed by atoms with Crippen molar-refractivity contribution in [2.75, 3.05) is 17.7 Å². The highest BCUT2D eigenvalue weighted by Gasteiger charge is 2.31. The van der Waals surface area contributed by atoms with E-state index in [1.165, 1.54) is 0 Å². The van der Waals surface area contributed by atoms with Crippen molar-refractivity contribution in [1.82, 2.24) is 4.98 Å². The Hall–Kier alpha value is -0.680. The number of pyridine rings is 1. The van der Waals surface area contributed by atoms with E-state index in [9.17, 15) is 13.2 Å². The number of alkyl halides is 4. The maximum atomic E-state index is 12.2. The molecule has 1 N–H and O–H groups in total. The molecular formula is C8H7Cl2F3N2. The maximum Gasteiger partial charge on any atom is 0.417 e. The molecule has 0 atom stereocenters. The van der Waals surface area contributed by atoms with Gasteiger partial charge in [0.2, 0.25) is 0 Å². The summed E-state index contributed by atoms with van der Waals surface area (Å²) in [5.41, 5.74) is -0.871. The Balaban J connectivity index is 2.88. The first-order valence-electron chi connectivity index (χ1n) is 3.97. The summed E-state index contributed by atoms with van der Waals surface area (Å²) in [6, 6.07) is 0.825. The molecule has 1 rings (SSSR count). The molecule has 0 aliphatic rings. The molecule has 84 valence electrons. The van der Waals surface area contributed by atoms with Crippen molar-refractivity contribution in [3.63, 3.8) is 0 Å². The molecule has 1 aromatic heterocycles. The predicted molar refractivity (Wildman–Crippen MR) is 53.5 cm³/mol. The summed E-state index contributed by atoms with van der Waals surface area (Å²) in [5, 5.41) is 2.62. The number of nitrogens with one attached hydrogen (secondary N) is 1. The van der Waals surface area contributed by atoms with Crippen LogP contribution < -0.4 is 5.32 Å². The molecule has 0 aromatic carbocycles. The topological polar surface area (TPSA) is 24.9 Å². The van der Waals surface area contributed by atoms with Crippen LogP contribution in [-0.2, 0) is 6.18 Å². The first-order chi connectivity index (χ1) is 6.95. The van der Waals surface area contributed by atoms with E-state index in [1.54, 1.807) is 0 Å². The maximum absolute atomic E-state index is 12.2. The van der Waals surface area contributed by atoms with Gasteiger partial charge in [-0.05, 0) is 6.07 Å². The average molecular weight is 259 g/mol. The molecule has 0 saturated carbocycles. The van der Waals surface area contributed by atoms with Gasteiger partial charge in [-0.25, -0.2) is 4.98 Å². The largest absolute Gasteiger partial charge is 0.417 e. The SMILES string of the molecule is FC(F)(F)c1cnc(NCCCl)c(Cl)c1. The number of hydrogen-bond donors (Lipinski definition) is 1. The predicted octanol–water partition coefficient (Wildman–Crippen LogP) is 3.40. The number of nitrogens with zero attached hydrogens (tertiary/aromatic N) is 1. The third-order valence-electron chi connectivity index (χ3n) is 1.56. The number of halogens is 5. The highest BCUT2D eigenvalue weighted by molar-refractivity contribution is 6.33. The summed E-state index contributed by atoms with van der Waals surface area (Å²) in [5.74, 6) is 0.518. The summed E-state index contributed by atoms with van der Waals surface area (Å²) in [7, 11) is 0. The fourth-order valence-corrected chi connectivity index (χ4v) is 1.22. The van der Waals surface area contributed by atoms with E-state index in [4.69, 9.17) is 23.2 Å². The van der Waals surface area contributed by atoms with Crippen LogP contribution in [0, 0.1) is 0 Å². The molecule has 0 spiro atoms. The lowest BCUT2D eigenvalue weighted by atomic mass is 10.3. The van der Waals surface area contributed by atoms with Gasteiger partial charge in [-0.1, -0.05) is 11.6 Å². The van der Waals surface area contributed by atoms with Gasteiger partial charge in [0, 0.05) is 18.6 Å². The van der Waals surface area contributed by atoms with Gasteiger partial charge in [-0.15, -0.1) is 11.6 Å². The normalized spacial score (nSPS) is 11.5. The van der Waals surface area contributed by atoms with Crippen molar-refractivity contribution in [2.24, 2.45) is 0 Å². The molecular weight excluding hydrogens is 252 g/mol. The van der Waals surface area contributed by atoms with E-state index in [2.05, 4.69) is 10.3 Å². The summed E-state index contributed by atoms with van der Waals surface area (Å²) < 4.78 is 36.6. The zero-order valence-corrected chi connectivity index (χ0v) is 8.92. The minimum absolute atomic E-state index is 0.0741. The Labute approximate surface area is 94.4 Å². The van der Waals surface area contributed by atoms with Crippen LogP contribution >= 0.6 is 23.2 Å². The van der Waals surface area contributed by atoms with Crippen LogP contribution in [0.1, 0.15) is 5.56 Å². The summed E-state index contributed by atoms with van der Waals surface area (Å²) in [6.07, 6.45) is -3.70. The Bertz CT molecular complexity index is 341. The molecule has 0 radical (unpaired) electrons. The fraction of sp³-hybridized carbons (Fsp3) is 0.375. The quantitative estimate of drug-likeness (QED) is 0.841. The highest BCUT2D eigenvalue weighted by Crippen LogP contribution is 2.32. The van der Waals surface area contributed by atoms with Gasteiger partial charge in [0.05, 0.1) is 10.6 Å². The molecule has 0 saturated heterocycles. The lowest BCUT2D eigenvalue weighted by molar-refractivity contribution is -0.137. The van der Waals surface area contributed by atoms with Gasteiger partial charge in [0.25, 0.3) is 0 Å². The van der Waals surface area contributed by atoms with Gasteiger partial charge < -0.3 is 5.32 Å². The average Bonchev–Trinajstić information content (AvgIpc) is 2.14. The number of anilines is 1. The van der Waals surface area contributed by atoms with Crippen molar-refractivity contribution in [3.05, 3.63) is 22.8 Å². The molecule has 0 fully saturated rings. The van der Waals surface area contributed by atoms with Gasteiger partial charge in [-0.2, -0.15) is 13.2 Å². The zero-order chi connectivity index (χ0) is 11.5. The fourth-order valence-electron chi connectivity index (χ4n) is 0.889. The third-order valence-corrected chi connectivity index (χ3v) is 2.03. The van der Waals surface area contributed by atoms with Gasteiger partial charge in [-0.3, -0.25) is 0 Å². The standard InChI is InChI=1S/C8H7Cl2F3N2/c9-1-2-14-7-6(10)3-5(4-15-7)8(11,12)13/h3-4H,1-2H2,(H,14,15).